The van der Waals surface area contributed by atoms with Gasteiger partial charge in [0.2, 0.25) is 0 Å². The number of hydrogen-bond acceptors (Lipinski definition) is 4. The summed E-state index contributed by atoms with van der Waals surface area (Å²) in [5.41, 5.74) is 0. The average molecular weight is 246 g/mol. The molecule has 0 amide bonds. The van der Waals surface area contributed by atoms with Crippen LogP contribution in [-0.4, -0.2) is 61.5 Å². The van der Waals surface area contributed by atoms with Crippen molar-refractivity contribution in [3.8, 4) is 0 Å². The van der Waals surface area contributed by atoms with Crippen LogP contribution in [0.3, 0.4) is 0 Å². The molecule has 2 N–H and O–H groups in total. The van der Waals surface area contributed by atoms with Crippen LogP contribution >= 0.6 is 0 Å². The lowest BCUT2D eigenvalue weighted by Crippen LogP contribution is -2.43. The maximum atomic E-state index is 9.30. The Morgan fingerprint density at radius 2 is 1.94 bits per heavy atom. The number of aliphatic hydroxyl groups is 1. The summed E-state index contributed by atoms with van der Waals surface area (Å²) in [7, 11) is 1.74. The van der Waals surface area contributed by atoms with Crippen LogP contribution in [0.2, 0.25) is 0 Å². The Morgan fingerprint density at radius 3 is 2.35 bits per heavy atom. The van der Waals surface area contributed by atoms with Crippen molar-refractivity contribution in [2.24, 2.45) is 0 Å². The SMILES string of the molecule is CCN(CCC(CO)NC(C)C)C(C)COC. The standard InChI is InChI=1S/C13H30N2O2/c1-6-15(12(4)10-17-5)8-7-13(9-16)14-11(2)3/h11-14,16H,6-10H2,1-5H3. The largest absolute Gasteiger partial charge is 0.395 e. The number of hydrogen-bond donors (Lipinski definition) is 2. The molecule has 2 unspecified atom stereocenters. The molecule has 0 aliphatic carbocycles. The summed E-state index contributed by atoms with van der Waals surface area (Å²) in [4.78, 5) is 2.38. The zero-order valence-electron chi connectivity index (χ0n) is 12.1. The molecule has 0 heterocycles. The molecule has 0 saturated heterocycles. The molecule has 4 nitrogen and oxygen atoms in total. The summed E-state index contributed by atoms with van der Waals surface area (Å²) in [6.07, 6.45) is 0.969. The van der Waals surface area contributed by atoms with Gasteiger partial charge in [0.05, 0.1) is 13.2 Å². The Kier molecular flexibility index (Phi) is 9.74. The number of aliphatic hydroxyl groups excluding tert-OH is 1. The van der Waals surface area contributed by atoms with Crippen molar-refractivity contribution < 1.29 is 9.84 Å². The van der Waals surface area contributed by atoms with Crippen LogP contribution in [0.4, 0.5) is 0 Å². The van der Waals surface area contributed by atoms with Gasteiger partial charge in [0.1, 0.15) is 0 Å². The molecule has 0 aliphatic rings. The van der Waals surface area contributed by atoms with Gasteiger partial charge in [-0.25, -0.2) is 0 Å². The first-order valence-corrected chi connectivity index (χ1v) is 6.65. The highest BCUT2D eigenvalue weighted by Gasteiger charge is 2.15. The van der Waals surface area contributed by atoms with Crippen molar-refractivity contribution in [2.45, 2.75) is 52.2 Å². The second-order valence-electron chi connectivity index (χ2n) is 4.92. The molecule has 0 aromatic rings. The molecular weight excluding hydrogens is 216 g/mol. The lowest BCUT2D eigenvalue weighted by Gasteiger charge is -2.29. The highest BCUT2D eigenvalue weighted by atomic mass is 16.5. The van der Waals surface area contributed by atoms with E-state index in [0.717, 1.165) is 26.1 Å². The van der Waals surface area contributed by atoms with Crippen LogP contribution in [0.25, 0.3) is 0 Å². The quantitative estimate of drug-likeness (QED) is 0.606. The van der Waals surface area contributed by atoms with Gasteiger partial charge in [0, 0.05) is 31.8 Å². The normalized spacial score (nSPS) is 15.5. The van der Waals surface area contributed by atoms with Crippen LogP contribution in [0.5, 0.6) is 0 Å². The van der Waals surface area contributed by atoms with Crippen LogP contribution in [0, 0.1) is 0 Å². The number of nitrogens with zero attached hydrogens (tertiary/aromatic N) is 1. The second kappa shape index (κ2) is 9.83. The summed E-state index contributed by atoms with van der Waals surface area (Å²) in [5, 5.41) is 12.7. The van der Waals surface area contributed by atoms with E-state index in [4.69, 9.17) is 4.74 Å². The Bertz CT molecular complexity index is 177. The van der Waals surface area contributed by atoms with E-state index < -0.39 is 0 Å². The Morgan fingerprint density at radius 1 is 1.29 bits per heavy atom. The molecule has 0 aliphatic heterocycles. The topological polar surface area (TPSA) is 44.7 Å². The molecule has 2 atom stereocenters. The monoisotopic (exact) mass is 246 g/mol. The van der Waals surface area contributed by atoms with Crippen molar-refractivity contribution in [1.29, 1.82) is 0 Å². The zero-order chi connectivity index (χ0) is 13.3. The smallest absolute Gasteiger partial charge is 0.0615 e. The minimum absolute atomic E-state index is 0.193. The number of nitrogens with one attached hydrogen (secondary N) is 1. The Hall–Kier alpha value is -0.160. The van der Waals surface area contributed by atoms with Gasteiger partial charge < -0.3 is 15.2 Å². The fourth-order valence-corrected chi connectivity index (χ4v) is 2.06. The molecule has 17 heavy (non-hydrogen) atoms. The molecular formula is C13H30N2O2. The lowest BCUT2D eigenvalue weighted by molar-refractivity contribution is 0.0965. The third-order valence-electron chi connectivity index (χ3n) is 2.99. The minimum atomic E-state index is 0.193. The first kappa shape index (κ1) is 16.8. The van der Waals surface area contributed by atoms with Crippen LogP contribution in [-0.2, 0) is 4.74 Å². The highest BCUT2D eigenvalue weighted by molar-refractivity contribution is 4.72. The van der Waals surface area contributed by atoms with E-state index >= 15 is 0 Å². The Labute approximate surface area is 106 Å². The fourth-order valence-electron chi connectivity index (χ4n) is 2.06. The average Bonchev–Trinajstić information content (AvgIpc) is 2.28. The van der Waals surface area contributed by atoms with Crippen molar-refractivity contribution in [3.63, 3.8) is 0 Å². The van der Waals surface area contributed by atoms with Crippen molar-refractivity contribution in [3.05, 3.63) is 0 Å². The van der Waals surface area contributed by atoms with Crippen LogP contribution < -0.4 is 5.32 Å². The third-order valence-corrected chi connectivity index (χ3v) is 2.99. The minimum Gasteiger partial charge on any atom is -0.395 e. The van der Waals surface area contributed by atoms with E-state index in [2.05, 4.69) is 37.9 Å². The maximum Gasteiger partial charge on any atom is 0.0615 e. The third kappa shape index (κ3) is 7.71. The van der Waals surface area contributed by atoms with E-state index in [0.29, 0.717) is 12.1 Å². The first-order chi connectivity index (χ1) is 8.04. The van der Waals surface area contributed by atoms with Crippen molar-refractivity contribution in [2.75, 3.05) is 33.4 Å². The van der Waals surface area contributed by atoms with Gasteiger partial charge in [-0.05, 0) is 19.9 Å². The highest BCUT2D eigenvalue weighted by Crippen LogP contribution is 2.03. The molecule has 0 rings (SSSR count). The molecule has 0 bridgehead atoms. The molecule has 104 valence electrons. The first-order valence-electron chi connectivity index (χ1n) is 6.65. The number of likely N-dealkylation sites (N-methyl/N-ethyl adjacent to an activating group) is 1. The summed E-state index contributed by atoms with van der Waals surface area (Å²) < 4.78 is 5.18. The second-order valence-corrected chi connectivity index (χ2v) is 4.92. The molecule has 0 aromatic heterocycles. The molecule has 0 aromatic carbocycles. The summed E-state index contributed by atoms with van der Waals surface area (Å²) in [6.45, 7) is 11.5. The summed E-state index contributed by atoms with van der Waals surface area (Å²) in [6, 6.07) is 1.04. The van der Waals surface area contributed by atoms with Gasteiger partial charge in [0.25, 0.3) is 0 Å². The maximum absolute atomic E-state index is 9.30. The molecule has 0 saturated carbocycles. The van der Waals surface area contributed by atoms with E-state index in [-0.39, 0.29) is 12.6 Å². The van der Waals surface area contributed by atoms with Gasteiger partial charge in [-0.1, -0.05) is 20.8 Å². The van der Waals surface area contributed by atoms with E-state index in [1.165, 1.54) is 0 Å². The molecule has 4 heteroatoms. The number of rotatable bonds is 10. The van der Waals surface area contributed by atoms with Gasteiger partial charge in [0.15, 0.2) is 0 Å². The fraction of sp³-hybridized carbons (Fsp3) is 1.00. The molecule has 0 fully saturated rings. The van der Waals surface area contributed by atoms with E-state index in [1.807, 2.05) is 0 Å². The van der Waals surface area contributed by atoms with Crippen molar-refractivity contribution in [1.82, 2.24) is 10.2 Å². The number of methoxy groups -OCH3 is 1. The van der Waals surface area contributed by atoms with Crippen molar-refractivity contribution >= 4 is 0 Å². The predicted molar refractivity (Wildman–Crippen MR) is 72.3 cm³/mol. The van der Waals surface area contributed by atoms with Gasteiger partial charge >= 0.3 is 0 Å². The predicted octanol–water partition coefficient (Wildman–Crippen LogP) is 1.09. The van der Waals surface area contributed by atoms with Crippen LogP contribution in [0.1, 0.15) is 34.1 Å². The van der Waals surface area contributed by atoms with E-state index in [1.54, 1.807) is 7.11 Å². The van der Waals surface area contributed by atoms with E-state index in [9.17, 15) is 5.11 Å². The molecule has 0 spiro atoms. The Balaban J connectivity index is 4.01. The van der Waals surface area contributed by atoms with Gasteiger partial charge in [-0.15, -0.1) is 0 Å². The summed E-state index contributed by atoms with van der Waals surface area (Å²) in [5.74, 6) is 0. The van der Waals surface area contributed by atoms with Gasteiger partial charge in [-0.2, -0.15) is 0 Å². The van der Waals surface area contributed by atoms with Gasteiger partial charge in [-0.3, -0.25) is 4.90 Å². The number of ether oxygens (including phenoxy) is 1. The molecule has 0 radical (unpaired) electrons. The van der Waals surface area contributed by atoms with Crippen LogP contribution in [0.15, 0.2) is 0 Å². The summed E-state index contributed by atoms with van der Waals surface area (Å²) >= 11 is 0. The zero-order valence-corrected chi connectivity index (χ0v) is 12.1. The lowest BCUT2D eigenvalue weighted by atomic mass is 10.1.